The molecule has 8 nitrogen and oxygen atoms in total. The van der Waals surface area contributed by atoms with Gasteiger partial charge < -0.3 is 9.84 Å². The SMILES string of the molecule is Cc1ccc(-c2noc(CNC(=O)c3cccc([N+](=O)[O-])c3C)n2)cc1. The number of benzene rings is 2. The lowest BCUT2D eigenvalue weighted by Crippen LogP contribution is -2.24. The number of nitrogens with zero attached hydrogens (tertiary/aromatic N) is 3. The maximum atomic E-state index is 12.3. The summed E-state index contributed by atoms with van der Waals surface area (Å²) in [6, 6.07) is 12.0. The van der Waals surface area contributed by atoms with Gasteiger partial charge in [0, 0.05) is 22.8 Å². The Kier molecular flexibility index (Phi) is 4.74. The van der Waals surface area contributed by atoms with Crippen LogP contribution in [0.4, 0.5) is 5.69 Å². The Morgan fingerprint density at radius 2 is 1.92 bits per heavy atom. The number of nitro groups is 1. The van der Waals surface area contributed by atoms with Crippen molar-refractivity contribution in [3.05, 3.63) is 75.2 Å². The third-order valence-electron chi connectivity index (χ3n) is 3.92. The summed E-state index contributed by atoms with van der Waals surface area (Å²) in [5.41, 5.74) is 2.37. The molecule has 0 spiro atoms. The zero-order valence-electron chi connectivity index (χ0n) is 14.2. The molecule has 1 amide bonds. The molecule has 0 saturated heterocycles. The van der Waals surface area contributed by atoms with Crippen molar-refractivity contribution in [1.29, 1.82) is 0 Å². The van der Waals surface area contributed by atoms with Gasteiger partial charge in [0.1, 0.15) is 0 Å². The molecule has 0 radical (unpaired) electrons. The number of nitrogens with one attached hydrogen (secondary N) is 1. The van der Waals surface area contributed by atoms with E-state index in [4.69, 9.17) is 4.52 Å². The third-order valence-corrected chi connectivity index (χ3v) is 3.92. The molecular weight excluding hydrogens is 336 g/mol. The van der Waals surface area contributed by atoms with Crippen molar-refractivity contribution in [2.24, 2.45) is 0 Å². The molecule has 1 N–H and O–H groups in total. The van der Waals surface area contributed by atoms with E-state index in [0.29, 0.717) is 11.4 Å². The summed E-state index contributed by atoms with van der Waals surface area (Å²) >= 11 is 0. The molecule has 3 aromatic rings. The Balaban J connectivity index is 1.70. The lowest BCUT2D eigenvalue weighted by atomic mass is 10.1. The smallest absolute Gasteiger partial charge is 0.273 e. The minimum absolute atomic E-state index is 0.0276. The van der Waals surface area contributed by atoms with Crippen LogP contribution in [0.25, 0.3) is 11.4 Å². The molecular formula is C18H16N4O4. The topological polar surface area (TPSA) is 111 Å². The van der Waals surface area contributed by atoms with Crippen LogP contribution in [-0.2, 0) is 6.54 Å². The average Bonchev–Trinajstić information content (AvgIpc) is 3.09. The fourth-order valence-corrected chi connectivity index (χ4v) is 2.46. The zero-order chi connectivity index (χ0) is 18.7. The zero-order valence-corrected chi connectivity index (χ0v) is 14.2. The molecule has 0 fully saturated rings. The number of aryl methyl sites for hydroxylation is 1. The van der Waals surface area contributed by atoms with Crippen LogP contribution in [0.1, 0.15) is 27.4 Å². The standard InChI is InChI=1S/C18H16N4O4/c1-11-6-8-13(9-7-11)17-20-16(26-21-17)10-19-18(23)14-4-3-5-15(12(14)2)22(24)25/h3-9H,10H2,1-2H3,(H,19,23). The molecule has 0 unspecified atom stereocenters. The normalized spacial score (nSPS) is 10.5. The molecule has 0 saturated carbocycles. The maximum Gasteiger partial charge on any atom is 0.273 e. The molecule has 0 aliphatic heterocycles. The number of nitro benzene ring substituents is 1. The number of aromatic nitrogens is 2. The highest BCUT2D eigenvalue weighted by atomic mass is 16.6. The second kappa shape index (κ2) is 7.14. The van der Waals surface area contributed by atoms with E-state index in [1.807, 2.05) is 31.2 Å². The van der Waals surface area contributed by atoms with Gasteiger partial charge in [0.05, 0.1) is 11.5 Å². The number of hydrogen-bond acceptors (Lipinski definition) is 6. The Labute approximate surface area is 149 Å². The molecule has 0 aliphatic rings. The van der Waals surface area contributed by atoms with Gasteiger partial charge in [0.15, 0.2) is 0 Å². The van der Waals surface area contributed by atoms with Crippen molar-refractivity contribution in [1.82, 2.24) is 15.5 Å². The van der Waals surface area contributed by atoms with Crippen LogP contribution < -0.4 is 5.32 Å². The van der Waals surface area contributed by atoms with Crippen LogP contribution in [0.5, 0.6) is 0 Å². The van der Waals surface area contributed by atoms with Crippen LogP contribution in [-0.4, -0.2) is 21.0 Å². The summed E-state index contributed by atoms with van der Waals surface area (Å²) in [4.78, 5) is 27.0. The predicted molar refractivity (Wildman–Crippen MR) is 93.5 cm³/mol. The van der Waals surface area contributed by atoms with Crippen molar-refractivity contribution >= 4 is 11.6 Å². The molecule has 0 aliphatic carbocycles. The van der Waals surface area contributed by atoms with E-state index in [-0.39, 0.29) is 23.7 Å². The number of amides is 1. The maximum absolute atomic E-state index is 12.3. The Bertz CT molecular complexity index is 964. The van der Waals surface area contributed by atoms with Gasteiger partial charge in [0.25, 0.3) is 11.6 Å². The molecule has 132 valence electrons. The summed E-state index contributed by atoms with van der Waals surface area (Å²) in [6.07, 6.45) is 0. The average molecular weight is 352 g/mol. The van der Waals surface area contributed by atoms with Gasteiger partial charge in [-0.15, -0.1) is 0 Å². The van der Waals surface area contributed by atoms with Gasteiger partial charge in [-0.2, -0.15) is 4.98 Å². The van der Waals surface area contributed by atoms with Crippen LogP contribution >= 0.6 is 0 Å². The first-order chi connectivity index (χ1) is 12.5. The second-order valence-electron chi connectivity index (χ2n) is 5.77. The minimum Gasteiger partial charge on any atom is -0.343 e. The van der Waals surface area contributed by atoms with Crippen molar-refractivity contribution in [3.63, 3.8) is 0 Å². The number of carbonyl (C=O) groups is 1. The van der Waals surface area contributed by atoms with Gasteiger partial charge in [-0.25, -0.2) is 0 Å². The first-order valence-corrected chi connectivity index (χ1v) is 7.87. The van der Waals surface area contributed by atoms with Crippen molar-refractivity contribution in [2.75, 3.05) is 0 Å². The monoisotopic (exact) mass is 352 g/mol. The van der Waals surface area contributed by atoms with Crippen LogP contribution in [0.3, 0.4) is 0 Å². The molecule has 2 aromatic carbocycles. The fraction of sp³-hybridized carbons (Fsp3) is 0.167. The quantitative estimate of drug-likeness (QED) is 0.557. The van der Waals surface area contributed by atoms with E-state index in [2.05, 4.69) is 15.5 Å². The van der Waals surface area contributed by atoms with Crippen molar-refractivity contribution < 1.29 is 14.2 Å². The number of rotatable bonds is 5. The van der Waals surface area contributed by atoms with E-state index in [9.17, 15) is 14.9 Å². The summed E-state index contributed by atoms with van der Waals surface area (Å²) in [6.45, 7) is 3.55. The second-order valence-corrected chi connectivity index (χ2v) is 5.77. The molecule has 1 aromatic heterocycles. The van der Waals surface area contributed by atoms with Gasteiger partial charge in [-0.05, 0) is 19.9 Å². The largest absolute Gasteiger partial charge is 0.343 e. The Hall–Kier alpha value is -3.55. The highest BCUT2D eigenvalue weighted by Gasteiger charge is 2.18. The first kappa shape index (κ1) is 17.3. The summed E-state index contributed by atoms with van der Waals surface area (Å²) in [5.74, 6) is 0.235. The predicted octanol–water partition coefficient (Wildman–Crippen LogP) is 3.19. The molecule has 26 heavy (non-hydrogen) atoms. The number of hydrogen-bond donors (Lipinski definition) is 1. The summed E-state index contributed by atoms with van der Waals surface area (Å²) < 4.78 is 5.14. The van der Waals surface area contributed by atoms with E-state index < -0.39 is 10.8 Å². The molecule has 0 atom stereocenters. The Morgan fingerprint density at radius 1 is 1.19 bits per heavy atom. The molecule has 1 heterocycles. The van der Waals surface area contributed by atoms with Crippen LogP contribution in [0.15, 0.2) is 47.0 Å². The van der Waals surface area contributed by atoms with E-state index in [1.165, 1.54) is 25.1 Å². The van der Waals surface area contributed by atoms with E-state index in [0.717, 1.165) is 11.1 Å². The van der Waals surface area contributed by atoms with E-state index >= 15 is 0 Å². The van der Waals surface area contributed by atoms with Gasteiger partial charge in [-0.3, -0.25) is 14.9 Å². The molecule has 8 heteroatoms. The third kappa shape index (κ3) is 3.59. The number of carbonyl (C=O) groups excluding carboxylic acids is 1. The lowest BCUT2D eigenvalue weighted by molar-refractivity contribution is -0.385. The van der Waals surface area contributed by atoms with Crippen LogP contribution in [0, 0.1) is 24.0 Å². The highest BCUT2D eigenvalue weighted by molar-refractivity contribution is 5.96. The fourth-order valence-electron chi connectivity index (χ4n) is 2.46. The van der Waals surface area contributed by atoms with Gasteiger partial charge in [-0.1, -0.05) is 41.1 Å². The minimum atomic E-state index is -0.516. The van der Waals surface area contributed by atoms with E-state index in [1.54, 1.807) is 0 Å². The summed E-state index contributed by atoms with van der Waals surface area (Å²) in [5, 5.41) is 17.5. The van der Waals surface area contributed by atoms with Gasteiger partial charge in [0.2, 0.25) is 11.7 Å². The summed E-state index contributed by atoms with van der Waals surface area (Å²) in [7, 11) is 0. The molecule has 0 bridgehead atoms. The van der Waals surface area contributed by atoms with Crippen molar-refractivity contribution in [2.45, 2.75) is 20.4 Å². The van der Waals surface area contributed by atoms with Crippen LogP contribution in [0.2, 0.25) is 0 Å². The Morgan fingerprint density at radius 3 is 2.62 bits per heavy atom. The first-order valence-electron chi connectivity index (χ1n) is 7.87. The highest BCUT2D eigenvalue weighted by Crippen LogP contribution is 2.21. The van der Waals surface area contributed by atoms with Gasteiger partial charge >= 0.3 is 0 Å². The molecule has 3 rings (SSSR count). The van der Waals surface area contributed by atoms with Crippen molar-refractivity contribution in [3.8, 4) is 11.4 Å². The lowest BCUT2D eigenvalue weighted by Gasteiger charge is -2.06.